The molecule has 0 aliphatic heterocycles. The van der Waals surface area contributed by atoms with Gasteiger partial charge in [0.05, 0.1) is 10.6 Å². The number of halogens is 1. The van der Waals surface area contributed by atoms with Crippen LogP contribution in [0.25, 0.3) is 0 Å². The monoisotopic (exact) mass is 245 g/mol. The summed E-state index contributed by atoms with van der Waals surface area (Å²) in [5.41, 5.74) is 5.57. The first-order valence-corrected chi connectivity index (χ1v) is 5.08. The van der Waals surface area contributed by atoms with Gasteiger partial charge in [0.1, 0.15) is 12.0 Å². The topological polar surface area (TPSA) is 59.4 Å². The van der Waals surface area contributed by atoms with Crippen LogP contribution in [0.5, 0.6) is 0 Å². The predicted octanol–water partition coefficient (Wildman–Crippen LogP) is 1.39. The maximum atomic E-state index is 9.27. The molecule has 0 bridgehead atoms. The molecule has 2 rings (SSSR count). The van der Waals surface area contributed by atoms with Gasteiger partial charge in [-0.3, -0.25) is 0 Å². The maximum Gasteiger partial charge on any atom is 0.112 e. The van der Waals surface area contributed by atoms with E-state index in [0.717, 1.165) is 10.2 Å². The molecular formula is C9H12BrNO2. The van der Waals surface area contributed by atoms with Crippen LogP contribution in [0.15, 0.2) is 21.2 Å². The van der Waals surface area contributed by atoms with Crippen molar-refractivity contribution >= 4 is 15.9 Å². The van der Waals surface area contributed by atoms with Crippen molar-refractivity contribution < 1.29 is 9.52 Å². The van der Waals surface area contributed by atoms with Crippen LogP contribution in [-0.4, -0.2) is 17.8 Å². The van der Waals surface area contributed by atoms with Crippen LogP contribution in [0.3, 0.4) is 0 Å². The van der Waals surface area contributed by atoms with Gasteiger partial charge in [0.15, 0.2) is 0 Å². The average Bonchev–Trinajstić information content (AvgIpc) is 2.46. The minimum absolute atomic E-state index is 0.120. The minimum atomic E-state index is -0.215. The number of furan rings is 1. The molecule has 0 aromatic carbocycles. The van der Waals surface area contributed by atoms with E-state index in [1.165, 1.54) is 0 Å². The standard InChI is InChI=1S/C9H12BrNO2/c10-6-1-8(13-4-6)9(5-11)2-7(12)3-9/h1,4,7,12H,2-3,5,11H2. The van der Waals surface area contributed by atoms with Crippen LogP contribution in [0.1, 0.15) is 18.6 Å². The summed E-state index contributed by atoms with van der Waals surface area (Å²) >= 11 is 3.33. The Bertz CT molecular complexity index is 304. The van der Waals surface area contributed by atoms with Gasteiger partial charge in [0.25, 0.3) is 0 Å². The quantitative estimate of drug-likeness (QED) is 0.829. The van der Waals surface area contributed by atoms with Gasteiger partial charge in [0, 0.05) is 12.0 Å². The van der Waals surface area contributed by atoms with Crippen LogP contribution < -0.4 is 5.73 Å². The Morgan fingerprint density at radius 3 is 2.77 bits per heavy atom. The third kappa shape index (κ3) is 1.43. The second-order valence-electron chi connectivity index (χ2n) is 3.68. The molecule has 1 aromatic heterocycles. The number of rotatable bonds is 2. The Morgan fingerprint density at radius 2 is 2.38 bits per heavy atom. The van der Waals surface area contributed by atoms with E-state index in [9.17, 15) is 5.11 Å². The molecular weight excluding hydrogens is 234 g/mol. The van der Waals surface area contributed by atoms with E-state index in [-0.39, 0.29) is 11.5 Å². The van der Waals surface area contributed by atoms with Crippen molar-refractivity contribution in [1.29, 1.82) is 0 Å². The van der Waals surface area contributed by atoms with Crippen molar-refractivity contribution in [2.45, 2.75) is 24.4 Å². The highest BCUT2D eigenvalue weighted by atomic mass is 79.9. The molecule has 1 heterocycles. The molecule has 0 unspecified atom stereocenters. The highest BCUT2D eigenvalue weighted by molar-refractivity contribution is 9.10. The molecule has 72 valence electrons. The molecule has 3 N–H and O–H groups in total. The van der Waals surface area contributed by atoms with E-state index in [4.69, 9.17) is 10.2 Å². The lowest BCUT2D eigenvalue weighted by atomic mass is 9.65. The normalized spacial score (nSPS) is 33.0. The second kappa shape index (κ2) is 3.12. The second-order valence-corrected chi connectivity index (χ2v) is 4.59. The zero-order valence-corrected chi connectivity index (χ0v) is 8.75. The number of nitrogens with two attached hydrogens (primary N) is 1. The lowest BCUT2D eigenvalue weighted by Crippen LogP contribution is -2.49. The lowest BCUT2D eigenvalue weighted by Gasteiger charge is -2.42. The molecule has 0 atom stereocenters. The fourth-order valence-corrected chi connectivity index (χ4v) is 2.20. The predicted molar refractivity (Wildman–Crippen MR) is 52.4 cm³/mol. The van der Waals surface area contributed by atoms with Crippen molar-refractivity contribution in [3.63, 3.8) is 0 Å². The van der Waals surface area contributed by atoms with E-state index >= 15 is 0 Å². The average molecular weight is 246 g/mol. The molecule has 1 fully saturated rings. The first-order chi connectivity index (χ1) is 6.16. The molecule has 1 saturated carbocycles. The van der Waals surface area contributed by atoms with Crippen LogP contribution in [0.2, 0.25) is 0 Å². The van der Waals surface area contributed by atoms with Crippen LogP contribution in [0.4, 0.5) is 0 Å². The molecule has 0 radical (unpaired) electrons. The fourth-order valence-electron chi connectivity index (χ4n) is 1.90. The lowest BCUT2D eigenvalue weighted by molar-refractivity contribution is 0.0115. The smallest absolute Gasteiger partial charge is 0.112 e. The summed E-state index contributed by atoms with van der Waals surface area (Å²) < 4.78 is 6.30. The molecule has 1 aromatic rings. The van der Waals surface area contributed by atoms with Crippen molar-refractivity contribution in [1.82, 2.24) is 0 Å². The third-order valence-corrected chi connectivity index (χ3v) is 3.15. The van der Waals surface area contributed by atoms with Crippen LogP contribution in [0, 0.1) is 0 Å². The zero-order valence-electron chi connectivity index (χ0n) is 7.16. The summed E-state index contributed by atoms with van der Waals surface area (Å²) in [4.78, 5) is 0. The first kappa shape index (κ1) is 9.24. The summed E-state index contributed by atoms with van der Waals surface area (Å²) in [5.74, 6) is 0.882. The number of aliphatic hydroxyl groups excluding tert-OH is 1. The molecule has 13 heavy (non-hydrogen) atoms. The molecule has 4 heteroatoms. The fraction of sp³-hybridized carbons (Fsp3) is 0.556. The molecule has 1 aliphatic rings. The first-order valence-electron chi connectivity index (χ1n) is 4.29. The number of hydrogen-bond acceptors (Lipinski definition) is 3. The van der Waals surface area contributed by atoms with Crippen molar-refractivity contribution in [3.05, 3.63) is 22.6 Å². The van der Waals surface area contributed by atoms with Gasteiger partial charge >= 0.3 is 0 Å². The summed E-state index contributed by atoms with van der Waals surface area (Å²) in [6, 6.07) is 1.93. The van der Waals surface area contributed by atoms with Crippen LogP contribution >= 0.6 is 15.9 Å². The Morgan fingerprint density at radius 1 is 1.69 bits per heavy atom. The number of hydrogen-bond donors (Lipinski definition) is 2. The summed E-state index contributed by atoms with van der Waals surface area (Å²) in [5, 5.41) is 9.27. The minimum Gasteiger partial charge on any atom is -0.467 e. The summed E-state index contributed by atoms with van der Waals surface area (Å²) in [6.45, 7) is 0.532. The van der Waals surface area contributed by atoms with Gasteiger partial charge in [-0.25, -0.2) is 0 Å². The van der Waals surface area contributed by atoms with Crippen molar-refractivity contribution in [2.24, 2.45) is 5.73 Å². The van der Waals surface area contributed by atoms with Gasteiger partial charge in [-0.15, -0.1) is 0 Å². The van der Waals surface area contributed by atoms with Gasteiger partial charge < -0.3 is 15.3 Å². The van der Waals surface area contributed by atoms with E-state index in [1.807, 2.05) is 6.07 Å². The van der Waals surface area contributed by atoms with Crippen molar-refractivity contribution in [2.75, 3.05) is 6.54 Å². The van der Waals surface area contributed by atoms with Crippen LogP contribution in [-0.2, 0) is 5.41 Å². The van der Waals surface area contributed by atoms with E-state index < -0.39 is 0 Å². The molecule has 0 spiro atoms. The highest BCUT2D eigenvalue weighted by Crippen LogP contribution is 2.44. The largest absolute Gasteiger partial charge is 0.467 e. The van der Waals surface area contributed by atoms with E-state index in [2.05, 4.69) is 15.9 Å². The summed E-state index contributed by atoms with van der Waals surface area (Å²) in [7, 11) is 0. The zero-order chi connectivity index (χ0) is 9.47. The van der Waals surface area contributed by atoms with Gasteiger partial charge in [0.2, 0.25) is 0 Å². The Hall–Kier alpha value is -0.320. The Balaban J connectivity index is 2.23. The summed E-state index contributed by atoms with van der Waals surface area (Å²) in [6.07, 6.45) is 2.86. The molecule has 0 saturated heterocycles. The highest BCUT2D eigenvalue weighted by Gasteiger charge is 2.46. The Kier molecular flexibility index (Phi) is 2.21. The molecule has 1 aliphatic carbocycles. The molecule has 3 nitrogen and oxygen atoms in total. The maximum absolute atomic E-state index is 9.27. The number of aliphatic hydroxyl groups is 1. The van der Waals surface area contributed by atoms with E-state index in [0.29, 0.717) is 19.4 Å². The van der Waals surface area contributed by atoms with Gasteiger partial charge in [-0.05, 0) is 34.8 Å². The third-order valence-electron chi connectivity index (χ3n) is 2.73. The SMILES string of the molecule is NCC1(c2cc(Br)co2)CC(O)C1. The molecule has 0 amide bonds. The van der Waals surface area contributed by atoms with Gasteiger partial charge in [-0.1, -0.05) is 0 Å². The van der Waals surface area contributed by atoms with Gasteiger partial charge in [-0.2, -0.15) is 0 Å². The van der Waals surface area contributed by atoms with E-state index in [1.54, 1.807) is 6.26 Å². The van der Waals surface area contributed by atoms with Crippen molar-refractivity contribution in [3.8, 4) is 0 Å². The Labute approximate surface area is 85.0 Å².